The average molecular weight is 464 g/mol. The third-order valence-electron chi connectivity index (χ3n) is 6.19. The molecule has 6 nitrogen and oxygen atoms in total. The van der Waals surface area contributed by atoms with E-state index in [0.29, 0.717) is 29.5 Å². The van der Waals surface area contributed by atoms with Crippen LogP contribution in [0.1, 0.15) is 16.7 Å². The average Bonchev–Trinajstić information content (AvgIpc) is 3.30. The quantitative estimate of drug-likeness (QED) is 0.251. The van der Waals surface area contributed by atoms with Gasteiger partial charge in [-0.3, -0.25) is 0 Å². The Kier molecular flexibility index (Phi) is 6.23. The Morgan fingerprint density at radius 1 is 0.914 bits per heavy atom. The van der Waals surface area contributed by atoms with Gasteiger partial charge in [0, 0.05) is 24.2 Å². The van der Waals surface area contributed by atoms with Crippen LogP contribution in [0.2, 0.25) is 0 Å². The third-order valence-corrected chi connectivity index (χ3v) is 6.19. The Morgan fingerprint density at radius 3 is 2.17 bits per heavy atom. The van der Waals surface area contributed by atoms with Gasteiger partial charge in [0.25, 0.3) is 0 Å². The molecule has 1 aromatic heterocycles. The van der Waals surface area contributed by atoms with Gasteiger partial charge in [0.15, 0.2) is 11.5 Å². The molecule has 0 aliphatic carbocycles. The Balaban J connectivity index is 1.50. The first kappa shape index (κ1) is 22.3. The fourth-order valence-corrected chi connectivity index (χ4v) is 4.42. The third kappa shape index (κ3) is 4.36. The number of hydrogen-bond donors (Lipinski definition) is 0. The number of benzene rings is 3. The van der Waals surface area contributed by atoms with Crippen LogP contribution in [0, 0.1) is 11.3 Å². The van der Waals surface area contributed by atoms with E-state index < -0.39 is 0 Å². The number of ether oxygens (including phenoxy) is 2. The number of aliphatic imine (C=N–C) groups is 1. The zero-order valence-electron chi connectivity index (χ0n) is 19.7. The number of fused-ring (bicyclic) bond motifs is 1. The maximum absolute atomic E-state index is 10.1. The number of rotatable bonds is 6. The van der Waals surface area contributed by atoms with Crippen LogP contribution in [0.15, 0.2) is 82.2 Å². The lowest BCUT2D eigenvalue weighted by Gasteiger charge is -2.27. The van der Waals surface area contributed by atoms with Crippen molar-refractivity contribution in [2.45, 2.75) is 13.0 Å². The summed E-state index contributed by atoms with van der Waals surface area (Å²) in [6.45, 7) is 1.48. The minimum atomic E-state index is 0.309. The van der Waals surface area contributed by atoms with Crippen LogP contribution in [0.5, 0.6) is 11.5 Å². The number of furan rings is 1. The van der Waals surface area contributed by atoms with Crippen molar-refractivity contribution in [2.24, 2.45) is 4.99 Å². The van der Waals surface area contributed by atoms with Crippen LogP contribution in [0.25, 0.3) is 22.5 Å². The van der Waals surface area contributed by atoms with Crippen molar-refractivity contribution in [1.29, 1.82) is 5.26 Å². The molecule has 0 N–H and O–H groups in total. The predicted molar refractivity (Wildman–Crippen MR) is 136 cm³/mol. The summed E-state index contributed by atoms with van der Waals surface area (Å²) in [7, 11) is 3.29. The summed E-state index contributed by atoms with van der Waals surface area (Å²) in [5.41, 5.74) is 5.40. The zero-order valence-corrected chi connectivity index (χ0v) is 19.7. The predicted octanol–water partition coefficient (Wildman–Crippen LogP) is 6.22. The second kappa shape index (κ2) is 9.78. The monoisotopic (exact) mass is 463 g/mol. The Bertz CT molecular complexity index is 1400. The first-order valence-electron chi connectivity index (χ1n) is 11.4. The molecular weight excluding hydrogens is 438 g/mol. The van der Waals surface area contributed by atoms with E-state index in [1.165, 1.54) is 5.56 Å². The Hall–Kier alpha value is -4.50. The summed E-state index contributed by atoms with van der Waals surface area (Å²) < 4.78 is 17.1. The highest BCUT2D eigenvalue weighted by atomic mass is 16.5. The smallest absolute Gasteiger partial charge is 0.239 e. The zero-order chi connectivity index (χ0) is 24.2. The van der Waals surface area contributed by atoms with Gasteiger partial charge in [0.2, 0.25) is 5.88 Å². The molecule has 174 valence electrons. The van der Waals surface area contributed by atoms with Crippen molar-refractivity contribution in [2.75, 3.05) is 20.8 Å². The normalized spacial score (nSPS) is 12.9. The standard InChI is InChI=1S/C29H25N3O3/c1-33-25-15-22-13-14-32(18-23(22)16-26(25)34-2)19-31-29-24(17-30)27(20-9-5-3-6-10-20)28(35-29)21-11-7-4-8-12-21/h3-12,15-16,19H,13-14,18H2,1-2H3/b31-19+. The van der Waals surface area contributed by atoms with E-state index in [4.69, 9.17) is 13.9 Å². The van der Waals surface area contributed by atoms with Crippen molar-refractivity contribution >= 4 is 12.2 Å². The van der Waals surface area contributed by atoms with E-state index in [9.17, 15) is 5.26 Å². The van der Waals surface area contributed by atoms with Gasteiger partial charge in [-0.1, -0.05) is 60.7 Å². The van der Waals surface area contributed by atoms with Crippen molar-refractivity contribution in [3.63, 3.8) is 0 Å². The summed E-state index contributed by atoms with van der Waals surface area (Å²) in [6, 6.07) is 26.0. The molecule has 35 heavy (non-hydrogen) atoms. The first-order valence-corrected chi connectivity index (χ1v) is 11.4. The molecule has 0 fully saturated rings. The number of nitriles is 1. The number of hydrogen-bond acceptors (Lipinski definition) is 5. The van der Waals surface area contributed by atoms with Gasteiger partial charge in [0.05, 0.1) is 20.6 Å². The Morgan fingerprint density at radius 2 is 1.54 bits per heavy atom. The van der Waals surface area contributed by atoms with E-state index in [0.717, 1.165) is 41.0 Å². The molecule has 6 heteroatoms. The minimum Gasteiger partial charge on any atom is -0.493 e. The highest BCUT2D eigenvalue weighted by Crippen LogP contribution is 2.42. The molecule has 5 rings (SSSR count). The molecule has 0 spiro atoms. The molecule has 4 aromatic rings. The van der Waals surface area contributed by atoms with Crippen LogP contribution in [0.4, 0.5) is 5.88 Å². The van der Waals surface area contributed by atoms with Gasteiger partial charge in [-0.15, -0.1) is 0 Å². The summed E-state index contributed by atoms with van der Waals surface area (Å²) in [5, 5.41) is 10.1. The topological polar surface area (TPSA) is 71.0 Å². The molecule has 1 aliphatic rings. The summed E-state index contributed by atoms with van der Waals surface area (Å²) in [6.07, 6.45) is 2.62. The first-order chi connectivity index (χ1) is 17.2. The van der Waals surface area contributed by atoms with Crippen LogP contribution in [-0.4, -0.2) is 32.0 Å². The number of methoxy groups -OCH3 is 2. The van der Waals surface area contributed by atoms with Crippen LogP contribution < -0.4 is 9.47 Å². The lowest BCUT2D eigenvalue weighted by Crippen LogP contribution is -2.29. The summed E-state index contributed by atoms with van der Waals surface area (Å²) >= 11 is 0. The van der Waals surface area contributed by atoms with Crippen molar-refractivity contribution in [1.82, 2.24) is 4.90 Å². The van der Waals surface area contributed by atoms with E-state index in [1.54, 1.807) is 20.6 Å². The maximum atomic E-state index is 10.1. The highest BCUT2D eigenvalue weighted by molar-refractivity contribution is 5.88. The molecule has 0 unspecified atom stereocenters. The van der Waals surface area contributed by atoms with E-state index in [-0.39, 0.29) is 0 Å². The van der Waals surface area contributed by atoms with E-state index >= 15 is 0 Å². The molecule has 0 bridgehead atoms. The van der Waals surface area contributed by atoms with Crippen LogP contribution in [-0.2, 0) is 13.0 Å². The van der Waals surface area contributed by atoms with Crippen molar-refractivity contribution < 1.29 is 13.9 Å². The molecular formula is C29H25N3O3. The lowest BCUT2D eigenvalue weighted by molar-refractivity contribution is 0.349. The van der Waals surface area contributed by atoms with Gasteiger partial charge in [-0.2, -0.15) is 5.26 Å². The largest absolute Gasteiger partial charge is 0.493 e. The lowest BCUT2D eigenvalue weighted by atomic mass is 9.98. The van der Waals surface area contributed by atoms with Crippen molar-refractivity contribution in [3.05, 3.63) is 89.5 Å². The maximum Gasteiger partial charge on any atom is 0.239 e. The van der Waals surface area contributed by atoms with Crippen LogP contribution in [0.3, 0.4) is 0 Å². The molecule has 3 aromatic carbocycles. The molecule has 0 saturated carbocycles. The fraction of sp³-hybridized carbons (Fsp3) is 0.172. The van der Waals surface area contributed by atoms with Crippen molar-refractivity contribution in [3.8, 4) is 40.0 Å². The Labute approximate surface area is 204 Å². The van der Waals surface area contributed by atoms with Gasteiger partial charge in [-0.25, -0.2) is 4.99 Å². The van der Waals surface area contributed by atoms with Gasteiger partial charge in [0.1, 0.15) is 17.4 Å². The molecule has 0 saturated heterocycles. The summed E-state index contributed by atoms with van der Waals surface area (Å²) in [4.78, 5) is 6.75. The SMILES string of the molecule is COc1cc2c(cc1OC)CN(/C=N/c1oc(-c3ccccc3)c(-c3ccccc3)c1C#N)CC2. The number of nitrogens with zero attached hydrogens (tertiary/aromatic N) is 3. The molecule has 0 radical (unpaired) electrons. The van der Waals surface area contributed by atoms with Gasteiger partial charge < -0.3 is 18.8 Å². The highest BCUT2D eigenvalue weighted by Gasteiger charge is 2.23. The molecule has 2 heterocycles. The second-order valence-electron chi connectivity index (χ2n) is 8.27. The van der Waals surface area contributed by atoms with E-state index in [2.05, 4.69) is 16.0 Å². The van der Waals surface area contributed by atoms with Gasteiger partial charge >= 0.3 is 0 Å². The van der Waals surface area contributed by atoms with Gasteiger partial charge in [-0.05, 0) is 35.2 Å². The fourth-order valence-electron chi connectivity index (χ4n) is 4.42. The summed E-state index contributed by atoms with van der Waals surface area (Å²) in [5.74, 6) is 2.40. The second-order valence-corrected chi connectivity index (χ2v) is 8.27. The minimum absolute atomic E-state index is 0.309. The molecule has 1 aliphatic heterocycles. The van der Waals surface area contributed by atoms with Crippen LogP contribution >= 0.6 is 0 Å². The molecule has 0 amide bonds. The van der Waals surface area contributed by atoms with E-state index in [1.807, 2.05) is 72.8 Å². The molecule has 0 atom stereocenters.